The van der Waals surface area contributed by atoms with Crippen LogP contribution in [-0.4, -0.2) is 87.4 Å². The predicted molar refractivity (Wildman–Crippen MR) is 104 cm³/mol. The first-order valence-corrected chi connectivity index (χ1v) is 11.2. The molecular weight excluding hydrogens is 368 g/mol. The van der Waals surface area contributed by atoms with Gasteiger partial charge in [0.2, 0.25) is 10.0 Å². The largest absolute Gasteiger partial charge is 0.465 e. The third-order valence-electron chi connectivity index (χ3n) is 6.04. The third kappa shape index (κ3) is 3.70. The maximum Gasteiger partial charge on any atom is 0.407 e. The van der Waals surface area contributed by atoms with Crippen molar-refractivity contribution >= 4 is 27.5 Å². The van der Waals surface area contributed by atoms with Gasteiger partial charge in [0.15, 0.2) is 0 Å². The molecular formula is C18H26N4O4S. The lowest BCUT2D eigenvalue weighted by Crippen LogP contribution is -2.48. The molecule has 0 aliphatic carbocycles. The summed E-state index contributed by atoms with van der Waals surface area (Å²) in [6.45, 7) is 5.53. The van der Waals surface area contributed by atoms with Crippen LogP contribution in [0.15, 0.2) is 24.3 Å². The van der Waals surface area contributed by atoms with Crippen molar-refractivity contribution in [1.29, 1.82) is 0 Å². The molecule has 0 spiro atoms. The van der Waals surface area contributed by atoms with Crippen LogP contribution in [0.5, 0.6) is 0 Å². The van der Waals surface area contributed by atoms with Gasteiger partial charge in [0, 0.05) is 75.6 Å². The minimum atomic E-state index is -3.11. The SMILES string of the molecule is CS(=O)(=O)N1CCN(c2ccc(N3CC4CN(C(=O)O)CC4C3)cc2)CC1. The number of anilines is 2. The Bertz CT molecular complexity index is 791. The summed E-state index contributed by atoms with van der Waals surface area (Å²) >= 11 is 0. The fourth-order valence-electron chi connectivity index (χ4n) is 4.51. The number of likely N-dealkylation sites (tertiary alicyclic amines) is 1. The van der Waals surface area contributed by atoms with Crippen molar-refractivity contribution in [2.75, 3.05) is 68.4 Å². The van der Waals surface area contributed by atoms with Crippen LogP contribution >= 0.6 is 0 Å². The van der Waals surface area contributed by atoms with Gasteiger partial charge in [-0.1, -0.05) is 0 Å². The molecule has 0 radical (unpaired) electrons. The molecule has 1 aromatic rings. The average molecular weight is 394 g/mol. The molecule has 3 aliphatic rings. The summed E-state index contributed by atoms with van der Waals surface area (Å²) in [6, 6.07) is 8.44. The van der Waals surface area contributed by atoms with Gasteiger partial charge in [-0.2, -0.15) is 4.31 Å². The molecule has 3 aliphatic heterocycles. The normalized spacial score (nSPS) is 26.5. The number of hydrogen-bond acceptors (Lipinski definition) is 5. The Morgan fingerprint density at radius 1 is 0.889 bits per heavy atom. The molecule has 1 N–H and O–H groups in total. The van der Waals surface area contributed by atoms with Gasteiger partial charge < -0.3 is 19.8 Å². The average Bonchev–Trinajstić information content (AvgIpc) is 3.20. The van der Waals surface area contributed by atoms with Crippen molar-refractivity contribution in [2.24, 2.45) is 11.8 Å². The van der Waals surface area contributed by atoms with E-state index in [1.807, 2.05) is 0 Å². The second-order valence-electron chi connectivity index (χ2n) is 7.78. The van der Waals surface area contributed by atoms with Crippen molar-refractivity contribution in [2.45, 2.75) is 0 Å². The molecule has 0 saturated carbocycles. The molecule has 2 atom stereocenters. The summed E-state index contributed by atoms with van der Waals surface area (Å²) in [4.78, 5) is 17.2. The second kappa shape index (κ2) is 6.87. The summed E-state index contributed by atoms with van der Waals surface area (Å²) in [7, 11) is -3.11. The Labute approximate surface area is 160 Å². The Morgan fingerprint density at radius 2 is 1.37 bits per heavy atom. The summed E-state index contributed by atoms with van der Waals surface area (Å²) in [5.74, 6) is 0.842. The van der Waals surface area contributed by atoms with Crippen LogP contribution < -0.4 is 9.80 Å². The molecule has 148 valence electrons. The van der Waals surface area contributed by atoms with E-state index in [9.17, 15) is 13.2 Å². The van der Waals surface area contributed by atoms with E-state index in [1.165, 1.54) is 21.1 Å². The Hall–Kier alpha value is -2.00. The van der Waals surface area contributed by atoms with E-state index in [0.717, 1.165) is 18.8 Å². The van der Waals surface area contributed by atoms with Crippen LogP contribution in [0, 0.1) is 11.8 Å². The van der Waals surface area contributed by atoms with E-state index in [4.69, 9.17) is 5.11 Å². The molecule has 8 nitrogen and oxygen atoms in total. The number of fused-ring (bicyclic) bond motifs is 1. The highest BCUT2D eigenvalue weighted by Crippen LogP contribution is 2.34. The number of rotatable bonds is 3. The fourth-order valence-corrected chi connectivity index (χ4v) is 5.34. The summed E-state index contributed by atoms with van der Waals surface area (Å²) in [5.41, 5.74) is 2.29. The Morgan fingerprint density at radius 3 is 1.81 bits per heavy atom. The summed E-state index contributed by atoms with van der Waals surface area (Å²) < 4.78 is 24.8. The van der Waals surface area contributed by atoms with Crippen LogP contribution in [0.4, 0.5) is 16.2 Å². The van der Waals surface area contributed by atoms with Crippen LogP contribution in [0.2, 0.25) is 0 Å². The zero-order valence-corrected chi connectivity index (χ0v) is 16.3. The zero-order valence-electron chi connectivity index (χ0n) is 15.5. The van der Waals surface area contributed by atoms with Crippen molar-refractivity contribution in [3.8, 4) is 0 Å². The standard InChI is InChI=1S/C18H26N4O4S/c1-27(25,26)22-8-6-19(7-9-22)16-2-4-17(5-3-16)20-10-14-12-21(18(23)24)13-15(14)11-20/h2-5,14-15H,6-13H2,1H3,(H,23,24). The molecule has 3 fully saturated rings. The number of carbonyl (C=O) groups is 1. The van der Waals surface area contributed by atoms with E-state index in [1.54, 1.807) is 0 Å². The monoisotopic (exact) mass is 394 g/mol. The summed E-state index contributed by atoms with van der Waals surface area (Å²) in [6.07, 6.45) is 0.453. The lowest BCUT2D eigenvalue weighted by molar-refractivity contribution is 0.153. The van der Waals surface area contributed by atoms with E-state index in [2.05, 4.69) is 34.1 Å². The molecule has 1 amide bonds. The molecule has 0 bridgehead atoms. The number of hydrogen-bond donors (Lipinski definition) is 1. The Balaban J connectivity index is 1.35. The van der Waals surface area contributed by atoms with E-state index in [0.29, 0.717) is 51.1 Å². The quantitative estimate of drug-likeness (QED) is 0.817. The van der Waals surface area contributed by atoms with Gasteiger partial charge in [0.1, 0.15) is 0 Å². The van der Waals surface area contributed by atoms with E-state index < -0.39 is 16.1 Å². The molecule has 0 aromatic heterocycles. The van der Waals surface area contributed by atoms with E-state index in [-0.39, 0.29) is 0 Å². The lowest BCUT2D eigenvalue weighted by Gasteiger charge is -2.35. The smallest absolute Gasteiger partial charge is 0.407 e. The first-order valence-electron chi connectivity index (χ1n) is 9.34. The van der Waals surface area contributed by atoms with Gasteiger partial charge in [-0.25, -0.2) is 13.2 Å². The van der Waals surface area contributed by atoms with Crippen molar-refractivity contribution in [3.63, 3.8) is 0 Å². The molecule has 9 heteroatoms. The fraction of sp³-hybridized carbons (Fsp3) is 0.611. The number of nitrogens with zero attached hydrogens (tertiary/aromatic N) is 4. The molecule has 1 aromatic carbocycles. The second-order valence-corrected chi connectivity index (χ2v) is 9.76. The Kier molecular flexibility index (Phi) is 4.67. The van der Waals surface area contributed by atoms with Gasteiger partial charge in [-0.15, -0.1) is 0 Å². The first-order chi connectivity index (χ1) is 12.8. The van der Waals surface area contributed by atoms with Crippen LogP contribution in [0.25, 0.3) is 0 Å². The minimum absolute atomic E-state index is 0.421. The minimum Gasteiger partial charge on any atom is -0.465 e. The third-order valence-corrected chi connectivity index (χ3v) is 7.35. The van der Waals surface area contributed by atoms with Crippen LogP contribution in [-0.2, 0) is 10.0 Å². The maximum absolute atomic E-state index is 11.6. The maximum atomic E-state index is 11.6. The number of benzene rings is 1. The van der Waals surface area contributed by atoms with Gasteiger partial charge in [-0.3, -0.25) is 0 Å². The van der Waals surface area contributed by atoms with Crippen molar-refractivity contribution in [1.82, 2.24) is 9.21 Å². The van der Waals surface area contributed by atoms with Gasteiger partial charge in [0.25, 0.3) is 0 Å². The van der Waals surface area contributed by atoms with Crippen LogP contribution in [0.3, 0.4) is 0 Å². The molecule has 4 rings (SSSR count). The first kappa shape index (κ1) is 18.4. The van der Waals surface area contributed by atoms with Gasteiger partial charge >= 0.3 is 6.09 Å². The molecule has 3 saturated heterocycles. The van der Waals surface area contributed by atoms with Crippen LogP contribution in [0.1, 0.15) is 0 Å². The van der Waals surface area contributed by atoms with Crippen molar-refractivity contribution < 1.29 is 18.3 Å². The summed E-state index contributed by atoms with van der Waals surface area (Å²) in [5, 5.41) is 9.14. The highest BCUT2D eigenvalue weighted by atomic mass is 32.2. The number of amides is 1. The van der Waals surface area contributed by atoms with Gasteiger partial charge in [-0.05, 0) is 24.3 Å². The highest BCUT2D eigenvalue weighted by molar-refractivity contribution is 7.88. The zero-order chi connectivity index (χ0) is 19.2. The van der Waals surface area contributed by atoms with Crippen molar-refractivity contribution in [3.05, 3.63) is 24.3 Å². The molecule has 27 heavy (non-hydrogen) atoms. The highest BCUT2D eigenvalue weighted by Gasteiger charge is 2.41. The van der Waals surface area contributed by atoms with Gasteiger partial charge in [0.05, 0.1) is 6.26 Å². The number of carboxylic acid groups (broad SMARTS) is 1. The molecule has 2 unspecified atom stereocenters. The lowest BCUT2D eigenvalue weighted by atomic mass is 10.0. The van der Waals surface area contributed by atoms with E-state index >= 15 is 0 Å². The molecule has 3 heterocycles. The number of sulfonamides is 1. The predicted octanol–water partition coefficient (Wildman–Crippen LogP) is 0.814. The number of piperazine rings is 1. The topological polar surface area (TPSA) is 84.4 Å².